The van der Waals surface area contributed by atoms with Gasteiger partial charge in [0.25, 0.3) is 0 Å². The lowest BCUT2D eigenvalue weighted by Gasteiger charge is -2.24. The normalized spacial score (nSPS) is 16.2. The minimum absolute atomic E-state index is 0.139. The highest BCUT2D eigenvalue weighted by Gasteiger charge is 2.18. The summed E-state index contributed by atoms with van der Waals surface area (Å²) in [6.45, 7) is 3.78. The highest BCUT2D eigenvalue weighted by atomic mass is 16.5. The molecule has 0 saturated carbocycles. The summed E-state index contributed by atoms with van der Waals surface area (Å²) >= 11 is 0. The first kappa shape index (κ1) is 14.9. The molecule has 0 amide bonds. The third kappa shape index (κ3) is 4.01. The van der Waals surface area contributed by atoms with E-state index < -0.39 is 0 Å². The van der Waals surface area contributed by atoms with E-state index in [0.717, 1.165) is 50.4 Å². The van der Waals surface area contributed by atoms with Crippen molar-refractivity contribution in [3.05, 3.63) is 41.7 Å². The van der Waals surface area contributed by atoms with Gasteiger partial charge in [0, 0.05) is 0 Å². The maximum absolute atomic E-state index is 5.76. The number of ether oxygens (including phenoxy) is 2. The zero-order chi connectivity index (χ0) is 14.2. The molecule has 2 rings (SSSR count). The standard InChI is InChI=1S/C17H25NO2/c1-3-4-12-19-15-10-8-14(9-11-15)17(18-2)16-7-5-6-13-20-16/h7-11,17-18H,3-6,12-13H2,1-2H3. The van der Waals surface area contributed by atoms with Crippen LogP contribution in [0.15, 0.2) is 36.1 Å². The first-order valence-electron chi connectivity index (χ1n) is 7.58. The zero-order valence-electron chi connectivity index (χ0n) is 12.5. The van der Waals surface area contributed by atoms with Gasteiger partial charge in [-0.15, -0.1) is 0 Å². The van der Waals surface area contributed by atoms with Crippen molar-refractivity contribution < 1.29 is 9.47 Å². The second-order valence-electron chi connectivity index (χ2n) is 5.09. The summed E-state index contributed by atoms with van der Waals surface area (Å²) in [5.74, 6) is 1.98. The van der Waals surface area contributed by atoms with Crippen LogP contribution in [-0.4, -0.2) is 20.3 Å². The van der Waals surface area contributed by atoms with Crippen molar-refractivity contribution in [2.24, 2.45) is 0 Å². The van der Waals surface area contributed by atoms with Gasteiger partial charge < -0.3 is 14.8 Å². The molecule has 0 aliphatic carbocycles. The Bertz CT molecular complexity index is 425. The van der Waals surface area contributed by atoms with E-state index >= 15 is 0 Å². The van der Waals surface area contributed by atoms with Gasteiger partial charge in [0.1, 0.15) is 11.5 Å². The SMILES string of the molecule is CCCCOc1ccc(C(NC)C2=CCCCO2)cc1. The molecule has 0 bridgehead atoms. The van der Waals surface area contributed by atoms with E-state index in [0.29, 0.717) is 0 Å². The van der Waals surface area contributed by atoms with E-state index in [4.69, 9.17) is 9.47 Å². The molecule has 1 aromatic rings. The molecule has 0 radical (unpaired) electrons. The molecule has 1 aliphatic heterocycles. The first-order chi connectivity index (χ1) is 9.85. The minimum atomic E-state index is 0.139. The van der Waals surface area contributed by atoms with Crippen LogP contribution in [0.4, 0.5) is 0 Å². The van der Waals surface area contributed by atoms with E-state index in [1.54, 1.807) is 0 Å². The molecule has 1 atom stereocenters. The zero-order valence-corrected chi connectivity index (χ0v) is 12.5. The maximum Gasteiger partial charge on any atom is 0.119 e. The number of nitrogens with one attached hydrogen (secondary N) is 1. The van der Waals surface area contributed by atoms with E-state index in [1.807, 2.05) is 19.2 Å². The van der Waals surface area contributed by atoms with Crippen LogP contribution in [0.2, 0.25) is 0 Å². The fourth-order valence-corrected chi connectivity index (χ4v) is 2.34. The Morgan fingerprint density at radius 3 is 2.70 bits per heavy atom. The third-order valence-corrected chi connectivity index (χ3v) is 3.52. The number of hydrogen-bond donors (Lipinski definition) is 1. The smallest absolute Gasteiger partial charge is 0.119 e. The molecule has 0 aromatic heterocycles. The number of likely N-dealkylation sites (N-methyl/N-ethyl adjacent to an activating group) is 1. The highest BCUT2D eigenvalue weighted by Crippen LogP contribution is 2.27. The number of allylic oxidation sites excluding steroid dienone is 1. The van der Waals surface area contributed by atoms with Crippen LogP contribution >= 0.6 is 0 Å². The van der Waals surface area contributed by atoms with Crippen LogP contribution in [-0.2, 0) is 4.74 Å². The molecular weight excluding hydrogens is 250 g/mol. The molecule has 0 saturated heterocycles. The molecular formula is C17H25NO2. The van der Waals surface area contributed by atoms with Crippen LogP contribution in [0.25, 0.3) is 0 Å². The third-order valence-electron chi connectivity index (χ3n) is 3.52. The Morgan fingerprint density at radius 2 is 2.10 bits per heavy atom. The average Bonchev–Trinajstić information content (AvgIpc) is 2.51. The lowest BCUT2D eigenvalue weighted by atomic mass is 10.0. The van der Waals surface area contributed by atoms with Crippen molar-refractivity contribution in [1.82, 2.24) is 5.32 Å². The fraction of sp³-hybridized carbons (Fsp3) is 0.529. The van der Waals surface area contributed by atoms with Crippen LogP contribution in [0.5, 0.6) is 5.75 Å². The second-order valence-corrected chi connectivity index (χ2v) is 5.09. The summed E-state index contributed by atoms with van der Waals surface area (Å²) in [6, 6.07) is 8.44. The molecule has 1 N–H and O–H groups in total. The van der Waals surface area contributed by atoms with Crippen molar-refractivity contribution in [3.63, 3.8) is 0 Å². The first-order valence-corrected chi connectivity index (χ1v) is 7.58. The van der Waals surface area contributed by atoms with Gasteiger partial charge >= 0.3 is 0 Å². The molecule has 1 heterocycles. The van der Waals surface area contributed by atoms with Gasteiger partial charge in [0.2, 0.25) is 0 Å². The predicted octanol–water partition coefficient (Wildman–Crippen LogP) is 3.82. The van der Waals surface area contributed by atoms with Gasteiger partial charge in [-0.05, 0) is 50.1 Å². The van der Waals surface area contributed by atoms with Gasteiger partial charge in [-0.3, -0.25) is 0 Å². The topological polar surface area (TPSA) is 30.5 Å². The average molecular weight is 275 g/mol. The Labute approximate surface area is 122 Å². The molecule has 3 nitrogen and oxygen atoms in total. The van der Waals surface area contributed by atoms with Gasteiger partial charge in [-0.1, -0.05) is 25.5 Å². The van der Waals surface area contributed by atoms with Crippen molar-refractivity contribution in [2.45, 2.75) is 38.6 Å². The van der Waals surface area contributed by atoms with Crippen molar-refractivity contribution in [3.8, 4) is 5.75 Å². The molecule has 0 fully saturated rings. The lowest BCUT2D eigenvalue weighted by molar-refractivity contribution is 0.169. The van der Waals surface area contributed by atoms with Crippen molar-refractivity contribution >= 4 is 0 Å². The summed E-state index contributed by atoms with van der Waals surface area (Å²) in [5, 5.41) is 3.33. The second kappa shape index (κ2) is 7.95. The number of rotatable bonds is 7. The largest absolute Gasteiger partial charge is 0.496 e. The Kier molecular flexibility index (Phi) is 5.93. The van der Waals surface area contributed by atoms with E-state index in [-0.39, 0.29) is 6.04 Å². The molecule has 3 heteroatoms. The van der Waals surface area contributed by atoms with Gasteiger partial charge in [0.15, 0.2) is 0 Å². The van der Waals surface area contributed by atoms with E-state index in [2.05, 4.69) is 30.4 Å². The van der Waals surface area contributed by atoms with E-state index in [1.165, 1.54) is 5.56 Å². The quantitative estimate of drug-likeness (QED) is 0.767. The minimum Gasteiger partial charge on any atom is -0.496 e. The Morgan fingerprint density at radius 1 is 1.30 bits per heavy atom. The van der Waals surface area contributed by atoms with E-state index in [9.17, 15) is 0 Å². The van der Waals surface area contributed by atoms with Crippen LogP contribution in [0, 0.1) is 0 Å². The fourth-order valence-electron chi connectivity index (χ4n) is 2.34. The summed E-state index contributed by atoms with van der Waals surface area (Å²) in [6.07, 6.45) is 6.67. The van der Waals surface area contributed by atoms with Crippen LogP contribution < -0.4 is 10.1 Å². The highest BCUT2D eigenvalue weighted by molar-refractivity contribution is 5.32. The summed E-state index contributed by atoms with van der Waals surface area (Å²) in [4.78, 5) is 0. The molecule has 1 unspecified atom stereocenters. The molecule has 0 spiro atoms. The van der Waals surface area contributed by atoms with Gasteiger partial charge in [-0.2, -0.15) is 0 Å². The number of benzene rings is 1. The Balaban J connectivity index is 2.01. The number of hydrogen-bond acceptors (Lipinski definition) is 3. The van der Waals surface area contributed by atoms with Crippen LogP contribution in [0.3, 0.4) is 0 Å². The van der Waals surface area contributed by atoms with Crippen LogP contribution in [0.1, 0.15) is 44.2 Å². The van der Waals surface area contributed by atoms with Gasteiger partial charge in [-0.25, -0.2) is 0 Å². The number of unbranched alkanes of at least 4 members (excludes halogenated alkanes) is 1. The van der Waals surface area contributed by atoms with Gasteiger partial charge in [0.05, 0.1) is 19.3 Å². The van der Waals surface area contributed by atoms with Crippen molar-refractivity contribution in [1.29, 1.82) is 0 Å². The van der Waals surface area contributed by atoms with Crippen molar-refractivity contribution in [2.75, 3.05) is 20.3 Å². The monoisotopic (exact) mass is 275 g/mol. The Hall–Kier alpha value is -1.48. The summed E-state index contributed by atoms with van der Waals surface area (Å²) in [5.41, 5.74) is 1.21. The molecule has 1 aromatic carbocycles. The summed E-state index contributed by atoms with van der Waals surface area (Å²) < 4.78 is 11.5. The maximum atomic E-state index is 5.76. The molecule has 1 aliphatic rings. The molecule has 110 valence electrons. The lowest BCUT2D eigenvalue weighted by Crippen LogP contribution is -2.21. The summed E-state index contributed by atoms with van der Waals surface area (Å²) in [7, 11) is 1.97. The molecule has 20 heavy (non-hydrogen) atoms. The predicted molar refractivity (Wildman–Crippen MR) is 81.9 cm³/mol.